The maximum atomic E-state index is 5.81. The van der Waals surface area contributed by atoms with Crippen molar-refractivity contribution in [2.24, 2.45) is 5.92 Å². The highest BCUT2D eigenvalue weighted by molar-refractivity contribution is 5.26. The van der Waals surface area contributed by atoms with Gasteiger partial charge in [-0.2, -0.15) is 0 Å². The Hall–Kier alpha value is -0.980. The molecule has 1 unspecified atom stereocenters. The van der Waals surface area contributed by atoms with Crippen molar-refractivity contribution in [3.8, 4) is 5.75 Å². The summed E-state index contributed by atoms with van der Waals surface area (Å²) in [7, 11) is 0. The van der Waals surface area contributed by atoms with E-state index in [1.54, 1.807) is 0 Å². The average molecular weight is 250 g/mol. The minimum Gasteiger partial charge on any atom is -0.493 e. The van der Waals surface area contributed by atoms with E-state index in [0.717, 1.165) is 12.4 Å². The standard InChI is InChI=1S/C15H24O.C2H6/c1-4-6-7-14(5-2)12-16-15-10-8-13(3)9-11-15;1-2/h8-11,14H,4-7,12H2,1-3H3;1-2H3. The van der Waals surface area contributed by atoms with Gasteiger partial charge in [-0.05, 0) is 31.4 Å². The van der Waals surface area contributed by atoms with Gasteiger partial charge in [-0.15, -0.1) is 0 Å². The molecule has 1 heteroatoms. The van der Waals surface area contributed by atoms with E-state index in [-0.39, 0.29) is 0 Å². The molecule has 0 N–H and O–H groups in total. The minimum atomic E-state index is 0.709. The predicted octanol–water partition coefficient (Wildman–Crippen LogP) is 5.62. The van der Waals surface area contributed by atoms with Gasteiger partial charge in [0.05, 0.1) is 6.61 Å². The Morgan fingerprint density at radius 3 is 2.17 bits per heavy atom. The lowest BCUT2D eigenvalue weighted by molar-refractivity contribution is 0.233. The van der Waals surface area contributed by atoms with Crippen LogP contribution in [0.1, 0.15) is 58.9 Å². The Bertz CT molecular complexity index is 276. The summed E-state index contributed by atoms with van der Waals surface area (Å²) in [4.78, 5) is 0. The molecule has 0 aliphatic heterocycles. The molecule has 0 amide bonds. The van der Waals surface area contributed by atoms with Crippen LogP contribution in [0.4, 0.5) is 0 Å². The largest absolute Gasteiger partial charge is 0.493 e. The number of hydrogen-bond donors (Lipinski definition) is 0. The molecule has 104 valence electrons. The second-order valence-corrected chi connectivity index (χ2v) is 4.54. The third-order valence-corrected chi connectivity index (χ3v) is 3.05. The van der Waals surface area contributed by atoms with Gasteiger partial charge in [-0.1, -0.05) is 64.7 Å². The molecule has 1 nitrogen and oxygen atoms in total. The normalized spacial score (nSPS) is 11.4. The number of unbranched alkanes of at least 4 members (excludes halogenated alkanes) is 1. The highest BCUT2D eigenvalue weighted by Crippen LogP contribution is 2.16. The van der Waals surface area contributed by atoms with Crippen LogP contribution in [0.25, 0.3) is 0 Å². The number of ether oxygens (including phenoxy) is 1. The van der Waals surface area contributed by atoms with Gasteiger partial charge in [-0.3, -0.25) is 0 Å². The molecule has 1 aromatic carbocycles. The lowest BCUT2D eigenvalue weighted by Gasteiger charge is -2.15. The molecule has 0 fully saturated rings. The van der Waals surface area contributed by atoms with Crippen molar-refractivity contribution in [3.05, 3.63) is 29.8 Å². The van der Waals surface area contributed by atoms with Crippen LogP contribution in [0, 0.1) is 12.8 Å². The van der Waals surface area contributed by atoms with Crippen LogP contribution in [-0.4, -0.2) is 6.61 Å². The molecule has 0 saturated heterocycles. The monoisotopic (exact) mass is 250 g/mol. The Kier molecular flexibility index (Phi) is 10.5. The number of rotatable bonds is 7. The molecule has 0 aromatic heterocycles. The van der Waals surface area contributed by atoms with Crippen molar-refractivity contribution in [1.29, 1.82) is 0 Å². The van der Waals surface area contributed by atoms with E-state index < -0.39 is 0 Å². The zero-order chi connectivity index (χ0) is 13.8. The maximum absolute atomic E-state index is 5.81. The molecule has 0 radical (unpaired) electrons. The molecule has 1 rings (SSSR count). The molecule has 0 aliphatic carbocycles. The first-order valence-electron chi connectivity index (χ1n) is 7.45. The van der Waals surface area contributed by atoms with Crippen LogP contribution in [0.15, 0.2) is 24.3 Å². The Morgan fingerprint density at radius 1 is 1.06 bits per heavy atom. The summed E-state index contributed by atoms with van der Waals surface area (Å²) < 4.78 is 5.81. The molecule has 1 aromatic rings. The molecule has 18 heavy (non-hydrogen) atoms. The summed E-state index contributed by atoms with van der Waals surface area (Å²) in [5.74, 6) is 1.71. The molecule has 0 heterocycles. The molecule has 1 atom stereocenters. The average Bonchev–Trinajstić information content (AvgIpc) is 2.43. The van der Waals surface area contributed by atoms with Crippen LogP contribution >= 0.6 is 0 Å². The third kappa shape index (κ3) is 7.37. The van der Waals surface area contributed by atoms with E-state index in [1.165, 1.54) is 31.2 Å². The van der Waals surface area contributed by atoms with E-state index in [4.69, 9.17) is 4.74 Å². The first-order chi connectivity index (χ1) is 8.76. The summed E-state index contributed by atoms with van der Waals surface area (Å²) in [6.07, 6.45) is 5.10. The Labute approximate surface area is 114 Å². The van der Waals surface area contributed by atoms with E-state index in [2.05, 4.69) is 45.0 Å². The zero-order valence-electron chi connectivity index (χ0n) is 12.8. The summed E-state index contributed by atoms with van der Waals surface area (Å²) in [6, 6.07) is 8.31. The summed E-state index contributed by atoms with van der Waals surface area (Å²) in [6.45, 7) is 11.5. The number of aryl methyl sites for hydroxylation is 1. The van der Waals surface area contributed by atoms with Crippen molar-refractivity contribution in [2.75, 3.05) is 6.61 Å². The van der Waals surface area contributed by atoms with E-state index >= 15 is 0 Å². The molecule has 0 saturated carbocycles. The molecule has 0 bridgehead atoms. The fourth-order valence-corrected chi connectivity index (χ4v) is 1.75. The predicted molar refractivity (Wildman–Crippen MR) is 81.3 cm³/mol. The Balaban J connectivity index is 0.00000137. The quantitative estimate of drug-likeness (QED) is 0.610. The highest BCUT2D eigenvalue weighted by Gasteiger charge is 2.06. The van der Waals surface area contributed by atoms with Crippen molar-refractivity contribution in [3.63, 3.8) is 0 Å². The van der Waals surface area contributed by atoms with Crippen molar-refractivity contribution < 1.29 is 4.74 Å². The van der Waals surface area contributed by atoms with E-state index in [9.17, 15) is 0 Å². The van der Waals surface area contributed by atoms with Gasteiger partial charge in [0, 0.05) is 0 Å². The first-order valence-corrected chi connectivity index (χ1v) is 7.45. The van der Waals surface area contributed by atoms with Crippen molar-refractivity contribution in [1.82, 2.24) is 0 Å². The van der Waals surface area contributed by atoms with E-state index in [0.29, 0.717) is 5.92 Å². The van der Waals surface area contributed by atoms with Crippen LogP contribution < -0.4 is 4.74 Å². The van der Waals surface area contributed by atoms with Gasteiger partial charge < -0.3 is 4.74 Å². The molecular weight excluding hydrogens is 220 g/mol. The fraction of sp³-hybridized carbons (Fsp3) is 0.647. The van der Waals surface area contributed by atoms with Crippen LogP contribution in [0.2, 0.25) is 0 Å². The number of benzene rings is 1. The first kappa shape index (κ1) is 17.0. The molecule has 0 aliphatic rings. The van der Waals surface area contributed by atoms with Gasteiger partial charge in [0.25, 0.3) is 0 Å². The second-order valence-electron chi connectivity index (χ2n) is 4.54. The highest BCUT2D eigenvalue weighted by atomic mass is 16.5. The summed E-state index contributed by atoms with van der Waals surface area (Å²) in [5.41, 5.74) is 1.28. The topological polar surface area (TPSA) is 9.23 Å². The van der Waals surface area contributed by atoms with Crippen LogP contribution in [0.5, 0.6) is 5.75 Å². The van der Waals surface area contributed by atoms with Gasteiger partial charge in [0.2, 0.25) is 0 Å². The SMILES string of the molecule is CC.CCCCC(CC)COc1ccc(C)cc1. The summed E-state index contributed by atoms with van der Waals surface area (Å²) >= 11 is 0. The van der Waals surface area contributed by atoms with Gasteiger partial charge in [0.15, 0.2) is 0 Å². The lowest BCUT2D eigenvalue weighted by atomic mass is 10.0. The number of hydrogen-bond acceptors (Lipinski definition) is 1. The van der Waals surface area contributed by atoms with Crippen LogP contribution in [-0.2, 0) is 0 Å². The lowest BCUT2D eigenvalue weighted by Crippen LogP contribution is -2.11. The molecule has 0 spiro atoms. The van der Waals surface area contributed by atoms with Crippen LogP contribution in [0.3, 0.4) is 0 Å². The van der Waals surface area contributed by atoms with Crippen molar-refractivity contribution >= 4 is 0 Å². The van der Waals surface area contributed by atoms with Gasteiger partial charge in [0.1, 0.15) is 5.75 Å². The second kappa shape index (κ2) is 11.1. The van der Waals surface area contributed by atoms with E-state index in [1.807, 2.05) is 13.8 Å². The van der Waals surface area contributed by atoms with Crippen molar-refractivity contribution in [2.45, 2.75) is 60.3 Å². The minimum absolute atomic E-state index is 0.709. The maximum Gasteiger partial charge on any atom is 0.119 e. The molecular formula is C17H30O. The summed E-state index contributed by atoms with van der Waals surface area (Å²) in [5, 5.41) is 0. The third-order valence-electron chi connectivity index (χ3n) is 3.05. The Morgan fingerprint density at radius 2 is 1.67 bits per heavy atom. The van der Waals surface area contributed by atoms with Gasteiger partial charge >= 0.3 is 0 Å². The zero-order valence-corrected chi connectivity index (χ0v) is 12.8. The van der Waals surface area contributed by atoms with Gasteiger partial charge in [-0.25, -0.2) is 0 Å². The smallest absolute Gasteiger partial charge is 0.119 e. The fourth-order valence-electron chi connectivity index (χ4n) is 1.75.